The van der Waals surface area contributed by atoms with Gasteiger partial charge in [0.1, 0.15) is 0 Å². The Hall–Kier alpha value is -1.87. The van der Waals surface area contributed by atoms with Crippen molar-refractivity contribution in [1.29, 1.82) is 0 Å². The summed E-state index contributed by atoms with van der Waals surface area (Å²) in [5, 5.41) is 7.67. The highest BCUT2D eigenvalue weighted by Gasteiger charge is 2.07. The van der Waals surface area contributed by atoms with Crippen molar-refractivity contribution in [3.8, 4) is 0 Å². The molecule has 2 rings (SSSR count). The third kappa shape index (κ3) is 2.87. The lowest BCUT2D eigenvalue weighted by atomic mass is 10.0. The van der Waals surface area contributed by atoms with Gasteiger partial charge in [-0.05, 0) is 25.0 Å². The number of aromatic nitrogens is 2. The molecule has 0 saturated heterocycles. The van der Waals surface area contributed by atoms with Crippen molar-refractivity contribution < 1.29 is 0 Å². The van der Waals surface area contributed by atoms with Crippen molar-refractivity contribution in [3.63, 3.8) is 0 Å². The quantitative estimate of drug-likeness (QED) is 0.871. The first-order valence-electron chi connectivity index (χ1n) is 6.15. The van der Waals surface area contributed by atoms with E-state index in [9.17, 15) is 0 Å². The Balaban J connectivity index is 1.98. The lowest BCUT2D eigenvalue weighted by molar-refractivity contribution is 0.572. The van der Waals surface area contributed by atoms with E-state index in [1.165, 1.54) is 11.1 Å². The van der Waals surface area contributed by atoms with Gasteiger partial charge < -0.3 is 5.32 Å². The van der Waals surface area contributed by atoms with Gasteiger partial charge in [-0.2, -0.15) is 5.10 Å². The second-order valence-corrected chi connectivity index (χ2v) is 4.47. The Kier molecular flexibility index (Phi) is 3.95. The first-order valence-corrected chi connectivity index (χ1v) is 6.15. The molecule has 1 heterocycles. The molecule has 0 unspecified atom stereocenters. The summed E-state index contributed by atoms with van der Waals surface area (Å²) in [6, 6.07) is 8.79. The van der Waals surface area contributed by atoms with Crippen LogP contribution in [0.3, 0.4) is 0 Å². The Morgan fingerprint density at radius 1 is 1.44 bits per heavy atom. The van der Waals surface area contributed by atoms with Crippen molar-refractivity contribution >= 4 is 6.20 Å². The van der Waals surface area contributed by atoms with Crippen LogP contribution in [0.4, 0.5) is 0 Å². The number of benzene rings is 1. The van der Waals surface area contributed by atoms with Crippen LogP contribution in [0.15, 0.2) is 43.2 Å². The maximum absolute atomic E-state index is 4.16. The molecular weight excluding hydrogens is 222 g/mol. The summed E-state index contributed by atoms with van der Waals surface area (Å²) in [6.45, 7) is 8.81. The molecule has 94 valence electrons. The second-order valence-electron chi connectivity index (χ2n) is 4.47. The average molecular weight is 241 g/mol. The molecule has 0 saturated carbocycles. The zero-order chi connectivity index (χ0) is 13.0. The van der Waals surface area contributed by atoms with Crippen LogP contribution in [0, 0.1) is 6.92 Å². The first-order chi connectivity index (χ1) is 8.70. The molecule has 0 radical (unpaired) electrons. The second kappa shape index (κ2) is 5.65. The predicted octanol–water partition coefficient (Wildman–Crippen LogP) is 3.14. The Bertz CT molecular complexity index is 528. The van der Waals surface area contributed by atoms with E-state index in [0.29, 0.717) is 6.04 Å². The van der Waals surface area contributed by atoms with E-state index in [0.717, 1.165) is 12.1 Å². The van der Waals surface area contributed by atoms with Crippen LogP contribution >= 0.6 is 0 Å². The number of aryl methyl sites for hydroxylation is 1. The van der Waals surface area contributed by atoms with Gasteiger partial charge in [0.2, 0.25) is 0 Å². The topological polar surface area (TPSA) is 29.9 Å². The highest BCUT2D eigenvalue weighted by Crippen LogP contribution is 2.17. The van der Waals surface area contributed by atoms with Gasteiger partial charge in [0.15, 0.2) is 0 Å². The fourth-order valence-electron chi connectivity index (χ4n) is 2.02. The number of hydrogen-bond donors (Lipinski definition) is 1. The molecule has 1 atom stereocenters. The van der Waals surface area contributed by atoms with E-state index in [4.69, 9.17) is 0 Å². The van der Waals surface area contributed by atoms with Crippen molar-refractivity contribution in [2.75, 3.05) is 0 Å². The van der Waals surface area contributed by atoms with Crippen molar-refractivity contribution in [2.45, 2.75) is 26.4 Å². The van der Waals surface area contributed by atoms with E-state index in [1.807, 2.05) is 12.4 Å². The number of nitrogens with one attached hydrogen (secondary N) is 1. The largest absolute Gasteiger partial charge is 0.306 e. The highest BCUT2D eigenvalue weighted by atomic mass is 15.2. The average Bonchev–Trinajstić information content (AvgIpc) is 2.84. The summed E-state index contributed by atoms with van der Waals surface area (Å²) in [6.07, 6.45) is 5.53. The zero-order valence-corrected chi connectivity index (χ0v) is 10.9. The molecule has 3 heteroatoms. The van der Waals surface area contributed by atoms with Crippen LogP contribution < -0.4 is 5.32 Å². The summed E-state index contributed by atoms with van der Waals surface area (Å²) >= 11 is 0. The van der Waals surface area contributed by atoms with Crippen LogP contribution in [0.2, 0.25) is 0 Å². The minimum Gasteiger partial charge on any atom is -0.306 e. The van der Waals surface area contributed by atoms with Gasteiger partial charge in [-0.25, -0.2) is 4.68 Å². The Labute approximate surface area is 108 Å². The van der Waals surface area contributed by atoms with Gasteiger partial charge >= 0.3 is 0 Å². The maximum atomic E-state index is 4.16. The van der Waals surface area contributed by atoms with Crippen LogP contribution in [-0.4, -0.2) is 9.78 Å². The van der Waals surface area contributed by atoms with Gasteiger partial charge in [0.05, 0.1) is 6.20 Å². The lowest BCUT2D eigenvalue weighted by Gasteiger charge is -2.15. The van der Waals surface area contributed by atoms with E-state index in [2.05, 4.69) is 55.1 Å². The minimum absolute atomic E-state index is 0.332. The SMILES string of the molecule is C=Cn1cc(CN[C@@H](C)c2ccccc2C)cn1. The molecule has 3 nitrogen and oxygen atoms in total. The molecule has 0 aliphatic rings. The standard InChI is InChI=1S/C15H19N3/c1-4-18-11-14(10-17-18)9-16-13(3)15-8-6-5-7-12(15)2/h4-8,10-11,13,16H,1,9H2,2-3H3/t13-/m0/s1. The van der Waals surface area contributed by atoms with Gasteiger partial charge in [-0.1, -0.05) is 30.8 Å². The third-order valence-electron chi connectivity index (χ3n) is 3.11. The molecule has 0 fully saturated rings. The molecule has 0 aliphatic heterocycles. The molecule has 1 aromatic heterocycles. The summed E-state index contributed by atoms with van der Waals surface area (Å²) < 4.78 is 1.72. The molecular formula is C15H19N3. The molecule has 2 aromatic rings. The van der Waals surface area contributed by atoms with E-state index >= 15 is 0 Å². The van der Waals surface area contributed by atoms with E-state index in [-0.39, 0.29) is 0 Å². The molecule has 0 aliphatic carbocycles. The predicted molar refractivity (Wildman–Crippen MR) is 75.0 cm³/mol. The highest BCUT2D eigenvalue weighted by molar-refractivity contribution is 5.28. The van der Waals surface area contributed by atoms with Crippen LogP contribution in [-0.2, 0) is 6.54 Å². The molecule has 0 amide bonds. The molecule has 0 bridgehead atoms. The molecule has 1 aromatic carbocycles. The lowest BCUT2D eigenvalue weighted by Crippen LogP contribution is -2.18. The summed E-state index contributed by atoms with van der Waals surface area (Å²) in [5.74, 6) is 0. The third-order valence-corrected chi connectivity index (χ3v) is 3.11. The molecule has 1 N–H and O–H groups in total. The van der Waals surface area contributed by atoms with Gasteiger partial charge in [-0.15, -0.1) is 0 Å². The Morgan fingerprint density at radius 2 is 2.22 bits per heavy atom. The summed E-state index contributed by atoms with van der Waals surface area (Å²) in [5.41, 5.74) is 3.82. The molecule has 0 spiro atoms. The van der Waals surface area contributed by atoms with E-state index < -0.39 is 0 Å². The van der Waals surface area contributed by atoms with Crippen molar-refractivity contribution in [3.05, 3.63) is 59.9 Å². The van der Waals surface area contributed by atoms with Crippen molar-refractivity contribution in [2.24, 2.45) is 0 Å². The number of nitrogens with zero attached hydrogens (tertiary/aromatic N) is 2. The molecule has 18 heavy (non-hydrogen) atoms. The summed E-state index contributed by atoms with van der Waals surface area (Å²) in [4.78, 5) is 0. The number of hydrogen-bond acceptors (Lipinski definition) is 2. The van der Waals surface area contributed by atoms with Crippen LogP contribution in [0.25, 0.3) is 6.20 Å². The fraction of sp³-hybridized carbons (Fsp3) is 0.267. The maximum Gasteiger partial charge on any atom is 0.0538 e. The monoisotopic (exact) mass is 241 g/mol. The first kappa shape index (κ1) is 12.6. The Morgan fingerprint density at radius 3 is 2.89 bits per heavy atom. The minimum atomic E-state index is 0.332. The van der Waals surface area contributed by atoms with Crippen LogP contribution in [0.5, 0.6) is 0 Å². The zero-order valence-electron chi connectivity index (χ0n) is 10.9. The summed E-state index contributed by atoms with van der Waals surface area (Å²) in [7, 11) is 0. The van der Waals surface area contributed by atoms with Crippen LogP contribution in [0.1, 0.15) is 29.7 Å². The van der Waals surface area contributed by atoms with E-state index in [1.54, 1.807) is 10.9 Å². The van der Waals surface area contributed by atoms with Gasteiger partial charge in [0, 0.05) is 30.5 Å². The smallest absolute Gasteiger partial charge is 0.0538 e. The fourth-order valence-corrected chi connectivity index (χ4v) is 2.02. The van der Waals surface area contributed by atoms with Gasteiger partial charge in [-0.3, -0.25) is 0 Å². The van der Waals surface area contributed by atoms with Crippen molar-refractivity contribution in [1.82, 2.24) is 15.1 Å². The van der Waals surface area contributed by atoms with Gasteiger partial charge in [0.25, 0.3) is 0 Å². The normalized spacial score (nSPS) is 12.3. The number of rotatable bonds is 5.